The van der Waals surface area contributed by atoms with Gasteiger partial charge in [-0.05, 0) is 56.6 Å². The van der Waals surface area contributed by atoms with E-state index in [-0.39, 0.29) is 0 Å². The van der Waals surface area contributed by atoms with Crippen molar-refractivity contribution in [3.8, 4) is 11.3 Å². The van der Waals surface area contributed by atoms with Crippen LogP contribution in [0.2, 0.25) is 0 Å². The smallest absolute Gasteiger partial charge is 0.134 e. The molecule has 1 N–H and O–H groups in total. The molecule has 0 fully saturated rings. The molecule has 0 saturated carbocycles. The van der Waals surface area contributed by atoms with E-state index < -0.39 is 0 Å². The molecule has 1 aromatic heterocycles. The van der Waals surface area contributed by atoms with Crippen molar-refractivity contribution in [1.29, 1.82) is 0 Å². The van der Waals surface area contributed by atoms with E-state index in [1.165, 1.54) is 5.56 Å². The first-order chi connectivity index (χ1) is 9.60. The highest BCUT2D eigenvalue weighted by atomic mass is 79.9. The number of hydrogen-bond donors (Lipinski definition) is 1. The number of furan rings is 1. The van der Waals surface area contributed by atoms with Gasteiger partial charge < -0.3 is 9.73 Å². The Bertz CT molecular complexity index is 562. The molecule has 2 aromatic rings. The fourth-order valence-electron chi connectivity index (χ4n) is 2.26. The maximum Gasteiger partial charge on any atom is 0.134 e. The van der Waals surface area contributed by atoms with Gasteiger partial charge in [0.05, 0.1) is 0 Å². The Morgan fingerprint density at radius 3 is 2.80 bits per heavy atom. The Morgan fingerprint density at radius 2 is 2.05 bits per heavy atom. The van der Waals surface area contributed by atoms with Crippen LogP contribution in [0.5, 0.6) is 0 Å². The largest absolute Gasteiger partial charge is 0.461 e. The van der Waals surface area contributed by atoms with Crippen LogP contribution in [0.25, 0.3) is 11.3 Å². The van der Waals surface area contributed by atoms with Gasteiger partial charge in [0, 0.05) is 22.5 Å². The Balaban J connectivity index is 2.10. The lowest BCUT2D eigenvalue weighted by molar-refractivity contribution is 0.464. The molecule has 3 heteroatoms. The topological polar surface area (TPSA) is 25.2 Å². The average Bonchev–Trinajstić information content (AvgIpc) is 2.87. The highest BCUT2D eigenvalue weighted by Gasteiger charge is 2.10. The highest BCUT2D eigenvalue weighted by molar-refractivity contribution is 9.10. The van der Waals surface area contributed by atoms with Gasteiger partial charge in [0.2, 0.25) is 0 Å². The minimum atomic E-state index is 0.442. The normalized spacial score (nSPS) is 12.6. The number of rotatable bonds is 6. The van der Waals surface area contributed by atoms with E-state index in [0.717, 1.165) is 40.9 Å². The van der Waals surface area contributed by atoms with Gasteiger partial charge in [0.1, 0.15) is 11.5 Å². The molecule has 0 spiro atoms. The van der Waals surface area contributed by atoms with Gasteiger partial charge in [-0.1, -0.05) is 28.9 Å². The van der Waals surface area contributed by atoms with Crippen LogP contribution in [0.15, 0.2) is 39.2 Å². The van der Waals surface area contributed by atoms with E-state index in [0.29, 0.717) is 6.04 Å². The third-order valence-electron chi connectivity index (χ3n) is 3.38. The van der Waals surface area contributed by atoms with E-state index in [2.05, 4.69) is 72.3 Å². The molecular formula is C17H22BrNO. The van der Waals surface area contributed by atoms with Crippen molar-refractivity contribution in [2.45, 2.75) is 39.7 Å². The van der Waals surface area contributed by atoms with Crippen molar-refractivity contribution in [3.05, 3.63) is 46.1 Å². The summed E-state index contributed by atoms with van der Waals surface area (Å²) >= 11 is 3.52. The quantitative estimate of drug-likeness (QED) is 0.808. The highest BCUT2D eigenvalue weighted by Crippen LogP contribution is 2.28. The lowest BCUT2D eigenvalue weighted by atomic mass is 10.1. The van der Waals surface area contributed by atoms with E-state index in [9.17, 15) is 0 Å². The second-order valence-corrected chi connectivity index (χ2v) is 6.20. The molecule has 20 heavy (non-hydrogen) atoms. The molecule has 0 amide bonds. The van der Waals surface area contributed by atoms with Crippen molar-refractivity contribution in [1.82, 2.24) is 5.32 Å². The maximum absolute atomic E-state index is 6.00. The van der Waals surface area contributed by atoms with E-state index in [4.69, 9.17) is 4.42 Å². The van der Waals surface area contributed by atoms with Crippen molar-refractivity contribution in [2.75, 3.05) is 6.54 Å². The first kappa shape index (κ1) is 15.3. The monoisotopic (exact) mass is 335 g/mol. The van der Waals surface area contributed by atoms with Gasteiger partial charge in [0.15, 0.2) is 0 Å². The number of aryl methyl sites for hydroxylation is 1. The summed E-state index contributed by atoms with van der Waals surface area (Å²) in [6.07, 6.45) is 2.08. The van der Waals surface area contributed by atoms with Crippen LogP contribution in [0.3, 0.4) is 0 Å². The number of halogens is 1. The van der Waals surface area contributed by atoms with Gasteiger partial charge >= 0.3 is 0 Å². The molecule has 0 aliphatic carbocycles. The molecule has 0 aliphatic rings. The first-order valence-electron chi connectivity index (χ1n) is 7.18. The zero-order valence-electron chi connectivity index (χ0n) is 12.4. The lowest BCUT2D eigenvalue weighted by Gasteiger charge is -2.11. The van der Waals surface area contributed by atoms with E-state index in [1.807, 2.05) is 0 Å². The fraction of sp³-hybridized carbons (Fsp3) is 0.412. The van der Waals surface area contributed by atoms with Gasteiger partial charge in [-0.15, -0.1) is 0 Å². The van der Waals surface area contributed by atoms with Crippen molar-refractivity contribution < 1.29 is 4.42 Å². The van der Waals surface area contributed by atoms with Crippen molar-refractivity contribution in [3.63, 3.8) is 0 Å². The lowest BCUT2D eigenvalue weighted by Crippen LogP contribution is -2.28. The summed E-state index contributed by atoms with van der Waals surface area (Å²) in [5.74, 6) is 1.98. The minimum absolute atomic E-state index is 0.442. The molecule has 1 unspecified atom stereocenters. The minimum Gasteiger partial charge on any atom is -0.461 e. The Kier molecular flexibility index (Phi) is 5.44. The molecule has 0 aliphatic heterocycles. The van der Waals surface area contributed by atoms with E-state index >= 15 is 0 Å². The zero-order valence-corrected chi connectivity index (χ0v) is 14.0. The second-order valence-electron chi connectivity index (χ2n) is 5.28. The molecule has 0 saturated heterocycles. The zero-order chi connectivity index (χ0) is 14.5. The van der Waals surface area contributed by atoms with Gasteiger partial charge in [-0.2, -0.15) is 0 Å². The van der Waals surface area contributed by atoms with Gasteiger partial charge in [-0.25, -0.2) is 0 Å². The van der Waals surface area contributed by atoms with E-state index in [1.54, 1.807) is 0 Å². The standard InChI is InChI=1S/C17H22BrNO/c1-4-9-19-13(3)10-15-7-8-17(20-15)16-11-14(18)6-5-12(16)2/h5-8,11,13,19H,4,9-10H2,1-3H3. The number of nitrogens with one attached hydrogen (secondary N) is 1. The van der Waals surface area contributed by atoms with Gasteiger partial charge in [-0.3, -0.25) is 0 Å². The van der Waals surface area contributed by atoms with Gasteiger partial charge in [0.25, 0.3) is 0 Å². The predicted octanol–water partition coefficient (Wildman–Crippen LogP) is 4.95. The molecule has 2 rings (SSSR count). The first-order valence-corrected chi connectivity index (χ1v) is 7.98. The Hall–Kier alpha value is -1.06. The Morgan fingerprint density at radius 1 is 1.25 bits per heavy atom. The summed E-state index contributed by atoms with van der Waals surface area (Å²) in [6, 6.07) is 10.9. The van der Waals surface area contributed by atoms with Crippen LogP contribution >= 0.6 is 15.9 Å². The third kappa shape index (κ3) is 3.97. The third-order valence-corrected chi connectivity index (χ3v) is 3.87. The number of hydrogen-bond acceptors (Lipinski definition) is 2. The molecular weight excluding hydrogens is 314 g/mol. The van der Waals surface area contributed by atoms with Crippen LogP contribution in [-0.4, -0.2) is 12.6 Å². The van der Waals surface area contributed by atoms with Crippen LogP contribution in [0.1, 0.15) is 31.6 Å². The summed E-state index contributed by atoms with van der Waals surface area (Å²) in [7, 11) is 0. The molecule has 2 nitrogen and oxygen atoms in total. The molecule has 1 atom stereocenters. The van der Waals surface area contributed by atoms with Crippen LogP contribution in [0.4, 0.5) is 0 Å². The summed E-state index contributed by atoms with van der Waals surface area (Å²) in [5.41, 5.74) is 2.38. The fourth-order valence-corrected chi connectivity index (χ4v) is 2.62. The summed E-state index contributed by atoms with van der Waals surface area (Å²) in [4.78, 5) is 0. The summed E-state index contributed by atoms with van der Waals surface area (Å²) in [6.45, 7) is 7.54. The molecule has 0 bridgehead atoms. The second kappa shape index (κ2) is 7.09. The van der Waals surface area contributed by atoms with Crippen molar-refractivity contribution in [2.24, 2.45) is 0 Å². The SMILES string of the molecule is CCCNC(C)Cc1ccc(-c2cc(Br)ccc2C)o1. The molecule has 1 aromatic carbocycles. The van der Waals surface area contributed by atoms with Crippen LogP contribution in [0, 0.1) is 6.92 Å². The van der Waals surface area contributed by atoms with Crippen LogP contribution in [-0.2, 0) is 6.42 Å². The molecule has 108 valence electrons. The summed E-state index contributed by atoms with van der Waals surface area (Å²) in [5, 5.41) is 3.48. The summed E-state index contributed by atoms with van der Waals surface area (Å²) < 4.78 is 7.07. The maximum atomic E-state index is 6.00. The average molecular weight is 336 g/mol. The predicted molar refractivity (Wildman–Crippen MR) is 88.0 cm³/mol. The van der Waals surface area contributed by atoms with Crippen LogP contribution < -0.4 is 5.32 Å². The Labute approximate surface area is 129 Å². The number of benzene rings is 1. The molecule has 0 radical (unpaired) electrons. The molecule has 1 heterocycles. The van der Waals surface area contributed by atoms with Crippen molar-refractivity contribution >= 4 is 15.9 Å².